The highest BCUT2D eigenvalue weighted by atomic mass is 32.2. The number of nitrogens with zero attached hydrogens (tertiary/aromatic N) is 2. The van der Waals surface area contributed by atoms with E-state index in [9.17, 15) is 34.6 Å². The van der Waals surface area contributed by atoms with E-state index in [1.165, 1.54) is 54.2 Å². The van der Waals surface area contributed by atoms with Gasteiger partial charge in [-0.15, -0.1) is 11.8 Å². The topological polar surface area (TPSA) is 174 Å². The predicted octanol–water partition coefficient (Wildman–Crippen LogP) is 6.73. The van der Waals surface area contributed by atoms with E-state index < -0.39 is 26.9 Å². The molecule has 0 radical (unpaired) electrons. The normalized spacial score (nSPS) is 11.7. The number of benzene rings is 4. The summed E-state index contributed by atoms with van der Waals surface area (Å²) in [5.74, 6) is -1.50. The van der Waals surface area contributed by atoms with Crippen molar-refractivity contribution in [1.29, 1.82) is 0 Å². The molecule has 0 aromatic heterocycles. The number of non-ortho nitro benzene ring substituents is 2. The molecule has 0 spiro atoms. The van der Waals surface area contributed by atoms with E-state index in [-0.39, 0.29) is 23.0 Å². The first-order chi connectivity index (χ1) is 22.0. The van der Waals surface area contributed by atoms with E-state index in [1.807, 2.05) is 6.92 Å². The Morgan fingerprint density at radius 2 is 1.50 bits per heavy atom. The Hall–Kier alpha value is -5.82. The maximum atomic E-state index is 13.4. The highest BCUT2D eigenvalue weighted by Crippen LogP contribution is 2.30. The van der Waals surface area contributed by atoms with Crippen molar-refractivity contribution in [2.75, 3.05) is 10.6 Å². The van der Waals surface area contributed by atoms with Gasteiger partial charge >= 0.3 is 0 Å². The van der Waals surface area contributed by atoms with Crippen LogP contribution in [0.1, 0.15) is 34.8 Å². The zero-order valence-electron chi connectivity index (χ0n) is 24.8. The molecule has 1 unspecified atom stereocenters. The second kappa shape index (κ2) is 15.3. The summed E-state index contributed by atoms with van der Waals surface area (Å²) in [6.45, 7) is 3.58. The molecule has 1 atom stereocenters. The number of anilines is 2. The SMILES string of the molecule is CCC(Sc1cccc(NC(=O)/C(=C\c2ccc([N+](=O)[O-])cc2)NC(=O)c2ccccc2)c1)C(=O)Nc1cc([N+](=O)[O-])ccc1C. The quantitative estimate of drug-likeness (QED) is 0.0662. The third-order valence-electron chi connectivity index (χ3n) is 6.67. The monoisotopic (exact) mass is 639 g/mol. The fraction of sp³-hybridized carbons (Fsp3) is 0.121. The number of hydrogen-bond donors (Lipinski definition) is 3. The minimum Gasteiger partial charge on any atom is -0.325 e. The van der Waals surface area contributed by atoms with Crippen LogP contribution in [0.15, 0.2) is 108 Å². The largest absolute Gasteiger partial charge is 0.325 e. The molecule has 0 bridgehead atoms. The van der Waals surface area contributed by atoms with Crippen LogP contribution in [-0.2, 0) is 9.59 Å². The Morgan fingerprint density at radius 1 is 0.826 bits per heavy atom. The van der Waals surface area contributed by atoms with Gasteiger partial charge in [-0.2, -0.15) is 0 Å². The number of nitro benzene ring substituents is 2. The molecule has 0 aliphatic carbocycles. The number of rotatable bonds is 12. The zero-order chi connectivity index (χ0) is 33.2. The molecule has 4 rings (SSSR count). The average molecular weight is 640 g/mol. The standard InChI is InChI=1S/C33H29N5O7S/c1-3-30(33(41)35-28-20-26(38(44)45)15-12-21(28)2)46-27-11-7-10-24(19-27)34-32(40)29(36-31(39)23-8-5-4-6-9-23)18-22-13-16-25(17-14-22)37(42)43/h4-20,30H,3H2,1-2H3,(H,34,40)(H,35,41)(H,36,39)/b29-18+. The zero-order valence-corrected chi connectivity index (χ0v) is 25.6. The summed E-state index contributed by atoms with van der Waals surface area (Å²) in [5, 5.41) is 29.9. The third kappa shape index (κ3) is 8.86. The molecule has 4 aromatic carbocycles. The van der Waals surface area contributed by atoms with E-state index >= 15 is 0 Å². The first-order valence-corrected chi connectivity index (χ1v) is 14.9. The van der Waals surface area contributed by atoms with Gasteiger partial charge in [0.15, 0.2) is 0 Å². The third-order valence-corrected chi connectivity index (χ3v) is 8.03. The Morgan fingerprint density at radius 3 is 2.15 bits per heavy atom. The van der Waals surface area contributed by atoms with Gasteiger partial charge in [0.2, 0.25) is 5.91 Å². The van der Waals surface area contributed by atoms with Crippen molar-refractivity contribution in [3.8, 4) is 0 Å². The maximum Gasteiger partial charge on any atom is 0.272 e. The van der Waals surface area contributed by atoms with Gasteiger partial charge in [-0.3, -0.25) is 34.6 Å². The van der Waals surface area contributed by atoms with Gasteiger partial charge in [-0.05, 0) is 73.0 Å². The molecule has 12 nitrogen and oxygen atoms in total. The van der Waals surface area contributed by atoms with Gasteiger partial charge in [-0.1, -0.05) is 37.3 Å². The number of amides is 3. The van der Waals surface area contributed by atoms with Gasteiger partial charge < -0.3 is 16.0 Å². The molecule has 0 aliphatic rings. The van der Waals surface area contributed by atoms with Gasteiger partial charge in [0.1, 0.15) is 5.70 Å². The molecule has 234 valence electrons. The summed E-state index contributed by atoms with van der Waals surface area (Å²) in [7, 11) is 0. The van der Waals surface area contributed by atoms with E-state index in [1.54, 1.807) is 67.6 Å². The number of aryl methyl sites for hydroxylation is 1. The van der Waals surface area contributed by atoms with E-state index in [4.69, 9.17) is 0 Å². The minimum atomic E-state index is -0.643. The van der Waals surface area contributed by atoms with Crippen molar-refractivity contribution < 1.29 is 24.2 Å². The molecule has 13 heteroatoms. The Balaban J connectivity index is 1.52. The molecule has 3 amide bonds. The maximum absolute atomic E-state index is 13.4. The number of nitrogens with one attached hydrogen (secondary N) is 3. The van der Waals surface area contributed by atoms with Gasteiger partial charge in [0.25, 0.3) is 23.2 Å². The lowest BCUT2D eigenvalue weighted by Gasteiger charge is -2.17. The van der Waals surface area contributed by atoms with Crippen LogP contribution in [0, 0.1) is 27.2 Å². The summed E-state index contributed by atoms with van der Waals surface area (Å²) in [6, 6.07) is 24.9. The van der Waals surface area contributed by atoms with Crippen LogP contribution in [0.25, 0.3) is 6.08 Å². The van der Waals surface area contributed by atoms with Crippen molar-refractivity contribution >= 4 is 58.3 Å². The molecule has 0 aliphatic heterocycles. The van der Waals surface area contributed by atoms with E-state index in [0.717, 1.165) is 0 Å². The van der Waals surface area contributed by atoms with E-state index in [0.29, 0.717) is 39.4 Å². The number of carbonyl (C=O) groups excluding carboxylic acids is 3. The fourth-order valence-corrected chi connectivity index (χ4v) is 5.22. The highest BCUT2D eigenvalue weighted by molar-refractivity contribution is 8.00. The van der Waals surface area contributed by atoms with Crippen LogP contribution in [0.2, 0.25) is 0 Å². The summed E-state index contributed by atoms with van der Waals surface area (Å²) in [6.07, 6.45) is 1.86. The van der Waals surface area contributed by atoms with Gasteiger partial charge in [0.05, 0.1) is 20.8 Å². The van der Waals surface area contributed by atoms with Crippen LogP contribution in [0.3, 0.4) is 0 Å². The van der Waals surface area contributed by atoms with Crippen molar-refractivity contribution in [3.63, 3.8) is 0 Å². The van der Waals surface area contributed by atoms with Crippen molar-refractivity contribution in [2.24, 2.45) is 0 Å². The van der Waals surface area contributed by atoms with E-state index in [2.05, 4.69) is 16.0 Å². The number of thioether (sulfide) groups is 1. The first-order valence-electron chi connectivity index (χ1n) is 14.0. The van der Waals surface area contributed by atoms with Crippen LogP contribution < -0.4 is 16.0 Å². The lowest BCUT2D eigenvalue weighted by Crippen LogP contribution is -2.30. The number of nitro groups is 2. The highest BCUT2D eigenvalue weighted by Gasteiger charge is 2.21. The molecule has 0 fully saturated rings. The fourth-order valence-electron chi connectivity index (χ4n) is 4.20. The molecule has 46 heavy (non-hydrogen) atoms. The Labute approximate surface area is 268 Å². The predicted molar refractivity (Wildman–Crippen MR) is 176 cm³/mol. The Kier molecular flexibility index (Phi) is 11.0. The Bertz CT molecular complexity index is 1810. The van der Waals surface area contributed by atoms with Crippen LogP contribution >= 0.6 is 11.8 Å². The van der Waals surface area contributed by atoms with Crippen molar-refractivity contribution in [2.45, 2.75) is 30.4 Å². The van der Waals surface area contributed by atoms with Crippen molar-refractivity contribution in [3.05, 3.63) is 140 Å². The van der Waals surface area contributed by atoms with Gasteiger partial charge in [-0.25, -0.2) is 0 Å². The molecule has 0 heterocycles. The van der Waals surface area contributed by atoms with Crippen molar-refractivity contribution in [1.82, 2.24) is 5.32 Å². The lowest BCUT2D eigenvalue weighted by molar-refractivity contribution is -0.385. The van der Waals surface area contributed by atoms with Gasteiger partial charge in [0, 0.05) is 40.4 Å². The summed E-state index contributed by atoms with van der Waals surface area (Å²) in [4.78, 5) is 61.3. The molecule has 4 aromatic rings. The minimum absolute atomic E-state index is 0.0982. The van der Waals surface area contributed by atoms with Crippen LogP contribution in [-0.4, -0.2) is 32.8 Å². The summed E-state index contributed by atoms with van der Waals surface area (Å²) < 4.78 is 0. The second-order valence-corrected chi connectivity index (χ2v) is 11.2. The summed E-state index contributed by atoms with van der Waals surface area (Å²) >= 11 is 1.26. The van der Waals surface area contributed by atoms with Crippen LogP contribution in [0.5, 0.6) is 0 Å². The summed E-state index contributed by atoms with van der Waals surface area (Å²) in [5.41, 5.74) is 1.85. The first kappa shape index (κ1) is 33.1. The molecule has 3 N–H and O–H groups in total. The number of carbonyl (C=O) groups is 3. The lowest BCUT2D eigenvalue weighted by atomic mass is 10.1. The second-order valence-electron chi connectivity index (χ2n) is 9.97. The van der Waals surface area contributed by atoms with Crippen LogP contribution in [0.4, 0.5) is 22.7 Å². The molecule has 0 saturated heterocycles. The number of hydrogen-bond acceptors (Lipinski definition) is 8. The molecule has 0 saturated carbocycles. The molecular formula is C33H29N5O7S. The molecular weight excluding hydrogens is 610 g/mol. The smallest absolute Gasteiger partial charge is 0.272 e. The average Bonchev–Trinajstić information content (AvgIpc) is 3.04.